The molecule has 0 aliphatic heterocycles. The third kappa shape index (κ3) is 4.30. The minimum atomic E-state index is -2.56. The second-order valence-electron chi connectivity index (χ2n) is 4.36. The molecule has 1 atom stereocenters. The number of amides is 1. The molecule has 0 aromatic rings. The van der Waals surface area contributed by atoms with Gasteiger partial charge in [-0.1, -0.05) is 0 Å². The van der Waals surface area contributed by atoms with Crippen molar-refractivity contribution in [2.45, 2.75) is 44.1 Å². The Hall–Kier alpha value is -0.910. The molecule has 0 heterocycles. The molecule has 0 saturated heterocycles. The lowest BCUT2D eigenvalue weighted by Gasteiger charge is -2.30. The number of hydrogen-bond acceptors (Lipinski definition) is 2. The van der Waals surface area contributed by atoms with Crippen LogP contribution in [-0.2, 0) is 0 Å². The van der Waals surface area contributed by atoms with Crippen molar-refractivity contribution in [3.05, 3.63) is 0 Å². The molecule has 4 nitrogen and oxygen atoms in total. The lowest BCUT2D eigenvalue weighted by Crippen LogP contribution is -2.39. The Kier molecular flexibility index (Phi) is 4.46. The number of aliphatic hydroxyl groups excluding tert-OH is 1. The van der Waals surface area contributed by atoms with Crippen LogP contribution in [0.5, 0.6) is 0 Å². The predicted molar refractivity (Wildman–Crippen MR) is 53.6 cm³/mol. The summed E-state index contributed by atoms with van der Waals surface area (Å²) in [7, 11) is 0. The Morgan fingerprint density at radius 2 is 2.00 bits per heavy atom. The minimum absolute atomic E-state index is 0.0728. The van der Waals surface area contributed by atoms with Gasteiger partial charge in [-0.25, -0.2) is 13.6 Å². The van der Waals surface area contributed by atoms with Crippen LogP contribution in [0, 0.1) is 5.92 Å². The van der Waals surface area contributed by atoms with E-state index in [9.17, 15) is 13.6 Å². The summed E-state index contributed by atoms with van der Waals surface area (Å²) in [6.45, 7) is -0.292. The Morgan fingerprint density at radius 3 is 2.44 bits per heavy atom. The molecule has 1 rings (SSSR count). The van der Waals surface area contributed by atoms with Crippen LogP contribution in [0.15, 0.2) is 0 Å². The summed E-state index contributed by atoms with van der Waals surface area (Å²) >= 11 is 0. The van der Waals surface area contributed by atoms with Gasteiger partial charge in [-0.15, -0.1) is 0 Å². The normalized spacial score (nSPS) is 22.7. The number of hydrogen-bond donors (Lipinski definition) is 3. The number of aliphatic hydroxyl groups is 1. The average molecular weight is 237 g/mol. The van der Waals surface area contributed by atoms with Gasteiger partial charge in [0, 0.05) is 12.8 Å². The van der Waals surface area contributed by atoms with E-state index in [1.807, 2.05) is 0 Å². The molecule has 3 N–H and O–H groups in total. The number of rotatable bonds is 4. The average Bonchev–Trinajstić information content (AvgIpc) is 2.19. The van der Waals surface area contributed by atoms with Crippen LogP contribution < -0.4 is 5.32 Å². The highest BCUT2D eigenvalue weighted by Gasteiger charge is 2.35. The van der Waals surface area contributed by atoms with Gasteiger partial charge in [0.2, 0.25) is 5.92 Å². The number of carbonyl (C=O) groups is 1. The van der Waals surface area contributed by atoms with E-state index in [1.54, 1.807) is 0 Å². The standard InChI is InChI=1S/C10H17F2NO3/c11-10(12)3-1-7(2-4-10)5-8(6-14)13-9(15)16/h7-8,13-14H,1-6H2,(H,15,16). The first kappa shape index (κ1) is 13.2. The summed E-state index contributed by atoms with van der Waals surface area (Å²) < 4.78 is 25.7. The quantitative estimate of drug-likeness (QED) is 0.698. The van der Waals surface area contributed by atoms with Crippen molar-refractivity contribution in [1.29, 1.82) is 0 Å². The van der Waals surface area contributed by atoms with E-state index < -0.39 is 18.1 Å². The van der Waals surface area contributed by atoms with Crippen LogP contribution in [0.25, 0.3) is 0 Å². The number of carboxylic acid groups (broad SMARTS) is 1. The molecule has 0 aromatic carbocycles. The lowest BCUT2D eigenvalue weighted by atomic mass is 9.83. The van der Waals surface area contributed by atoms with Gasteiger partial charge in [-0.2, -0.15) is 0 Å². The van der Waals surface area contributed by atoms with Gasteiger partial charge in [0.1, 0.15) is 0 Å². The smallest absolute Gasteiger partial charge is 0.404 e. The Bertz CT molecular complexity index is 238. The van der Waals surface area contributed by atoms with Crippen molar-refractivity contribution in [3.63, 3.8) is 0 Å². The molecule has 1 unspecified atom stereocenters. The Labute approximate surface area is 92.6 Å². The van der Waals surface area contributed by atoms with Crippen LogP contribution in [0.1, 0.15) is 32.1 Å². The van der Waals surface area contributed by atoms with Crippen molar-refractivity contribution in [1.82, 2.24) is 5.32 Å². The van der Waals surface area contributed by atoms with Crippen LogP contribution in [0.3, 0.4) is 0 Å². The van der Waals surface area contributed by atoms with E-state index in [0.29, 0.717) is 19.3 Å². The maximum absolute atomic E-state index is 12.8. The summed E-state index contributed by atoms with van der Waals surface area (Å²) in [5, 5.41) is 19.6. The van der Waals surface area contributed by atoms with Crippen LogP contribution >= 0.6 is 0 Å². The highest BCUT2D eigenvalue weighted by atomic mass is 19.3. The van der Waals surface area contributed by atoms with Crippen molar-refractivity contribution in [2.24, 2.45) is 5.92 Å². The summed E-state index contributed by atoms with van der Waals surface area (Å²) in [5.74, 6) is -2.49. The fourth-order valence-electron chi connectivity index (χ4n) is 2.09. The minimum Gasteiger partial charge on any atom is -0.465 e. The van der Waals surface area contributed by atoms with E-state index >= 15 is 0 Å². The van der Waals surface area contributed by atoms with Gasteiger partial charge in [-0.3, -0.25) is 0 Å². The Morgan fingerprint density at radius 1 is 1.44 bits per heavy atom. The molecule has 0 radical (unpaired) electrons. The summed E-state index contributed by atoms with van der Waals surface area (Å²) in [6.07, 6.45) is -0.250. The molecule has 16 heavy (non-hydrogen) atoms. The zero-order valence-electron chi connectivity index (χ0n) is 8.96. The Balaban J connectivity index is 2.34. The maximum atomic E-state index is 12.8. The van der Waals surface area contributed by atoms with Gasteiger partial charge >= 0.3 is 6.09 Å². The highest BCUT2D eigenvalue weighted by Crippen LogP contribution is 2.37. The fourth-order valence-corrected chi connectivity index (χ4v) is 2.09. The molecular weight excluding hydrogens is 220 g/mol. The molecular formula is C10H17F2NO3. The first-order valence-corrected chi connectivity index (χ1v) is 5.41. The van der Waals surface area contributed by atoms with E-state index in [4.69, 9.17) is 10.2 Å². The first-order valence-electron chi connectivity index (χ1n) is 5.41. The summed E-state index contributed by atoms with van der Waals surface area (Å²) in [4.78, 5) is 10.4. The van der Waals surface area contributed by atoms with Crippen LogP contribution in [0.2, 0.25) is 0 Å². The van der Waals surface area contributed by atoms with Crippen molar-refractivity contribution in [3.8, 4) is 0 Å². The highest BCUT2D eigenvalue weighted by molar-refractivity contribution is 5.64. The van der Waals surface area contributed by atoms with E-state index in [-0.39, 0.29) is 25.4 Å². The third-order valence-corrected chi connectivity index (χ3v) is 3.00. The number of nitrogens with one attached hydrogen (secondary N) is 1. The molecule has 1 aliphatic rings. The molecule has 6 heteroatoms. The molecule has 94 valence electrons. The van der Waals surface area contributed by atoms with Crippen LogP contribution in [0.4, 0.5) is 13.6 Å². The van der Waals surface area contributed by atoms with Crippen molar-refractivity contribution in [2.75, 3.05) is 6.61 Å². The lowest BCUT2D eigenvalue weighted by molar-refractivity contribution is -0.0478. The number of alkyl halides is 2. The topological polar surface area (TPSA) is 69.6 Å². The van der Waals surface area contributed by atoms with Gasteiger partial charge in [-0.05, 0) is 25.2 Å². The SMILES string of the molecule is O=C(O)NC(CO)CC1CCC(F)(F)CC1. The van der Waals surface area contributed by atoms with E-state index in [0.717, 1.165) is 0 Å². The molecule has 0 bridgehead atoms. The molecule has 1 aliphatic carbocycles. The molecule has 1 fully saturated rings. The van der Waals surface area contributed by atoms with E-state index in [1.165, 1.54) is 0 Å². The zero-order chi connectivity index (χ0) is 12.2. The second kappa shape index (κ2) is 5.43. The van der Waals surface area contributed by atoms with Crippen LogP contribution in [-0.4, -0.2) is 34.9 Å². The van der Waals surface area contributed by atoms with Crippen molar-refractivity contribution >= 4 is 6.09 Å². The molecule has 1 amide bonds. The third-order valence-electron chi connectivity index (χ3n) is 3.00. The predicted octanol–water partition coefficient (Wildman–Crippen LogP) is 1.83. The fraction of sp³-hybridized carbons (Fsp3) is 0.900. The van der Waals surface area contributed by atoms with Crippen molar-refractivity contribution < 1.29 is 23.8 Å². The van der Waals surface area contributed by atoms with Gasteiger partial charge in [0.05, 0.1) is 12.6 Å². The molecule has 0 spiro atoms. The number of halogens is 2. The largest absolute Gasteiger partial charge is 0.465 e. The van der Waals surface area contributed by atoms with Gasteiger partial charge in [0.15, 0.2) is 0 Å². The van der Waals surface area contributed by atoms with E-state index in [2.05, 4.69) is 5.32 Å². The first-order chi connectivity index (χ1) is 7.43. The van der Waals surface area contributed by atoms with Gasteiger partial charge in [0.25, 0.3) is 0 Å². The maximum Gasteiger partial charge on any atom is 0.404 e. The monoisotopic (exact) mass is 237 g/mol. The molecule has 0 aromatic heterocycles. The molecule has 1 saturated carbocycles. The zero-order valence-corrected chi connectivity index (χ0v) is 8.96. The second-order valence-corrected chi connectivity index (χ2v) is 4.36. The summed E-state index contributed by atoms with van der Waals surface area (Å²) in [6, 6.07) is -0.547. The summed E-state index contributed by atoms with van der Waals surface area (Å²) in [5.41, 5.74) is 0. The van der Waals surface area contributed by atoms with Gasteiger partial charge < -0.3 is 15.5 Å².